The molecular formula is C17H14ClN3O2. The zero-order chi connectivity index (χ0) is 15.8. The first-order chi connectivity index (χ1) is 11.2. The van der Waals surface area contributed by atoms with Crippen LogP contribution in [0.25, 0.3) is 10.9 Å². The summed E-state index contributed by atoms with van der Waals surface area (Å²) in [6.45, 7) is 1.12. The summed E-state index contributed by atoms with van der Waals surface area (Å²) in [6, 6.07) is 11.2. The van der Waals surface area contributed by atoms with Gasteiger partial charge in [-0.2, -0.15) is 0 Å². The van der Waals surface area contributed by atoms with Gasteiger partial charge in [-0.15, -0.1) is 0 Å². The Morgan fingerprint density at radius 3 is 2.87 bits per heavy atom. The third kappa shape index (κ3) is 2.64. The number of para-hydroxylation sites is 1. The van der Waals surface area contributed by atoms with Gasteiger partial charge in [0.15, 0.2) is 0 Å². The molecule has 1 aliphatic heterocycles. The Bertz CT molecular complexity index is 854. The second-order valence-corrected chi connectivity index (χ2v) is 5.95. The molecule has 1 N–H and O–H groups in total. The molecular weight excluding hydrogens is 314 g/mol. The number of hydrogen-bond acceptors (Lipinski definition) is 3. The number of hydrogen-bond donors (Lipinski definition) is 1. The van der Waals surface area contributed by atoms with Crippen LogP contribution < -0.4 is 4.74 Å². The quantitative estimate of drug-likeness (QED) is 0.804. The number of ether oxygens (including phenoxy) is 1. The van der Waals surface area contributed by atoms with Crippen molar-refractivity contribution in [3.8, 4) is 5.88 Å². The molecule has 0 unspecified atom stereocenters. The van der Waals surface area contributed by atoms with Crippen LogP contribution in [0.5, 0.6) is 5.88 Å². The van der Waals surface area contributed by atoms with Crippen molar-refractivity contribution in [1.29, 1.82) is 0 Å². The summed E-state index contributed by atoms with van der Waals surface area (Å²) < 4.78 is 5.72. The first-order valence-electron chi connectivity index (χ1n) is 7.34. The van der Waals surface area contributed by atoms with E-state index in [1.165, 1.54) is 0 Å². The monoisotopic (exact) mass is 327 g/mol. The minimum Gasteiger partial charge on any atom is -0.471 e. The highest BCUT2D eigenvalue weighted by molar-refractivity contribution is 6.30. The number of fused-ring (bicyclic) bond motifs is 1. The number of amides is 1. The predicted octanol–water partition coefficient (Wildman–Crippen LogP) is 3.12. The molecule has 3 heterocycles. The van der Waals surface area contributed by atoms with Crippen molar-refractivity contribution in [1.82, 2.24) is 14.9 Å². The molecule has 1 aliphatic rings. The lowest BCUT2D eigenvalue weighted by atomic mass is 10.1. The predicted molar refractivity (Wildman–Crippen MR) is 87.9 cm³/mol. The Labute approximate surface area is 137 Å². The van der Waals surface area contributed by atoms with Crippen molar-refractivity contribution in [2.24, 2.45) is 0 Å². The van der Waals surface area contributed by atoms with Gasteiger partial charge >= 0.3 is 0 Å². The molecule has 1 saturated heterocycles. The Balaban J connectivity index is 1.41. The zero-order valence-corrected chi connectivity index (χ0v) is 13.0. The van der Waals surface area contributed by atoms with Crippen LogP contribution in [0.15, 0.2) is 48.8 Å². The first-order valence-corrected chi connectivity index (χ1v) is 7.72. The fourth-order valence-electron chi connectivity index (χ4n) is 2.70. The number of carbonyl (C=O) groups excluding carboxylic acids is 1. The number of carbonyl (C=O) groups is 1. The molecule has 2 aromatic heterocycles. The molecule has 3 aromatic rings. The summed E-state index contributed by atoms with van der Waals surface area (Å²) in [5, 5.41) is 1.52. The molecule has 1 fully saturated rings. The maximum Gasteiger partial charge on any atom is 0.256 e. The third-order valence-electron chi connectivity index (χ3n) is 3.94. The number of halogens is 1. The lowest BCUT2D eigenvalue weighted by Gasteiger charge is -2.38. The van der Waals surface area contributed by atoms with Crippen LogP contribution in [0.4, 0.5) is 0 Å². The Hall–Kier alpha value is -2.53. The van der Waals surface area contributed by atoms with Gasteiger partial charge in [-0.1, -0.05) is 29.8 Å². The van der Waals surface area contributed by atoms with Crippen molar-refractivity contribution in [3.63, 3.8) is 0 Å². The number of H-pyrrole nitrogens is 1. The number of aromatic nitrogens is 2. The maximum absolute atomic E-state index is 12.6. The summed E-state index contributed by atoms with van der Waals surface area (Å²) in [5.41, 5.74) is 1.67. The van der Waals surface area contributed by atoms with E-state index in [4.69, 9.17) is 16.3 Å². The van der Waals surface area contributed by atoms with Gasteiger partial charge in [-0.25, -0.2) is 4.98 Å². The summed E-state index contributed by atoms with van der Waals surface area (Å²) in [4.78, 5) is 21.6. The molecule has 1 aromatic carbocycles. The highest BCUT2D eigenvalue weighted by Crippen LogP contribution is 2.23. The van der Waals surface area contributed by atoms with Crippen LogP contribution in [0, 0.1) is 0 Å². The van der Waals surface area contributed by atoms with Crippen LogP contribution in [0.1, 0.15) is 10.4 Å². The highest BCUT2D eigenvalue weighted by atomic mass is 35.5. The molecule has 116 valence electrons. The Kier molecular flexibility index (Phi) is 3.42. The van der Waals surface area contributed by atoms with E-state index in [2.05, 4.69) is 9.97 Å². The number of nitrogens with zero attached hydrogens (tertiary/aromatic N) is 2. The maximum atomic E-state index is 12.6. The van der Waals surface area contributed by atoms with Crippen LogP contribution in [0.3, 0.4) is 0 Å². The zero-order valence-electron chi connectivity index (χ0n) is 12.2. The van der Waals surface area contributed by atoms with E-state index in [-0.39, 0.29) is 12.0 Å². The molecule has 0 spiro atoms. The number of pyridine rings is 1. The second-order valence-electron chi connectivity index (χ2n) is 5.51. The molecule has 0 aliphatic carbocycles. The molecule has 23 heavy (non-hydrogen) atoms. The fourth-order valence-corrected chi connectivity index (χ4v) is 2.81. The first kappa shape index (κ1) is 14.1. The van der Waals surface area contributed by atoms with Crippen molar-refractivity contribution in [2.45, 2.75) is 6.10 Å². The van der Waals surface area contributed by atoms with Crippen molar-refractivity contribution in [2.75, 3.05) is 13.1 Å². The van der Waals surface area contributed by atoms with E-state index in [9.17, 15) is 4.79 Å². The Morgan fingerprint density at radius 1 is 1.26 bits per heavy atom. The smallest absolute Gasteiger partial charge is 0.256 e. The lowest BCUT2D eigenvalue weighted by Crippen LogP contribution is -2.56. The van der Waals surface area contributed by atoms with Gasteiger partial charge in [-0.05, 0) is 12.1 Å². The Morgan fingerprint density at radius 2 is 2.09 bits per heavy atom. The van der Waals surface area contributed by atoms with Gasteiger partial charge in [0.05, 0.1) is 23.7 Å². The van der Waals surface area contributed by atoms with Crippen molar-refractivity contribution in [3.05, 3.63) is 59.4 Å². The van der Waals surface area contributed by atoms with Crippen molar-refractivity contribution >= 4 is 28.4 Å². The van der Waals surface area contributed by atoms with Crippen LogP contribution in [-0.4, -0.2) is 40.0 Å². The van der Waals surface area contributed by atoms with Gasteiger partial charge in [0, 0.05) is 29.4 Å². The number of likely N-dealkylation sites (tertiary alicyclic amines) is 1. The number of rotatable bonds is 3. The second kappa shape index (κ2) is 5.59. The standard InChI is InChI=1S/C17H14ClN3O2/c18-11-5-6-16(20-7-11)23-12-9-21(10-12)17(22)14-8-19-15-4-2-1-3-13(14)15/h1-8,12,19H,9-10H2. The van der Waals surface area contributed by atoms with E-state index < -0.39 is 0 Å². The topological polar surface area (TPSA) is 58.2 Å². The number of benzene rings is 1. The SMILES string of the molecule is O=C(c1c[nH]c2ccccc12)N1CC(Oc2ccc(Cl)cn2)C1. The minimum atomic E-state index is -0.0298. The molecule has 5 nitrogen and oxygen atoms in total. The van der Waals surface area contributed by atoms with E-state index >= 15 is 0 Å². The van der Waals surface area contributed by atoms with E-state index in [1.54, 1.807) is 29.4 Å². The highest BCUT2D eigenvalue weighted by Gasteiger charge is 2.33. The molecule has 0 saturated carbocycles. The summed E-state index contributed by atoms with van der Waals surface area (Å²) >= 11 is 5.79. The largest absolute Gasteiger partial charge is 0.471 e. The summed E-state index contributed by atoms with van der Waals surface area (Å²) in [5.74, 6) is 0.546. The average Bonchev–Trinajstić information content (AvgIpc) is 2.96. The van der Waals surface area contributed by atoms with Gasteiger partial charge in [0.1, 0.15) is 6.10 Å². The van der Waals surface area contributed by atoms with E-state index in [1.807, 2.05) is 24.3 Å². The van der Waals surface area contributed by atoms with Crippen molar-refractivity contribution < 1.29 is 9.53 Å². The van der Waals surface area contributed by atoms with Crippen LogP contribution in [-0.2, 0) is 0 Å². The molecule has 0 radical (unpaired) electrons. The fraction of sp³-hybridized carbons (Fsp3) is 0.176. The summed E-state index contributed by atoms with van der Waals surface area (Å²) in [6.07, 6.45) is 3.28. The van der Waals surface area contributed by atoms with E-state index in [0.29, 0.717) is 29.6 Å². The lowest BCUT2D eigenvalue weighted by molar-refractivity contribution is 0.0161. The number of aromatic amines is 1. The molecule has 0 bridgehead atoms. The van der Waals surface area contributed by atoms with Gasteiger partial charge in [-0.3, -0.25) is 4.79 Å². The summed E-state index contributed by atoms with van der Waals surface area (Å²) in [7, 11) is 0. The van der Waals surface area contributed by atoms with Crippen LogP contribution in [0.2, 0.25) is 5.02 Å². The number of nitrogens with one attached hydrogen (secondary N) is 1. The normalized spacial score (nSPS) is 14.7. The molecule has 1 amide bonds. The van der Waals surface area contributed by atoms with E-state index in [0.717, 1.165) is 10.9 Å². The van der Waals surface area contributed by atoms with Crippen LogP contribution >= 0.6 is 11.6 Å². The molecule has 0 atom stereocenters. The molecule has 6 heteroatoms. The minimum absolute atomic E-state index is 0.0198. The van der Waals surface area contributed by atoms with Gasteiger partial charge in [0.2, 0.25) is 5.88 Å². The molecule has 4 rings (SSSR count). The van der Waals surface area contributed by atoms with Gasteiger partial charge < -0.3 is 14.6 Å². The average molecular weight is 328 g/mol. The van der Waals surface area contributed by atoms with Gasteiger partial charge in [0.25, 0.3) is 5.91 Å². The third-order valence-corrected chi connectivity index (χ3v) is 4.17.